The molecule has 0 aliphatic carbocycles. The second-order valence-corrected chi connectivity index (χ2v) is 8.82. The Kier molecular flexibility index (Phi) is 6.52. The van der Waals surface area contributed by atoms with Crippen molar-refractivity contribution in [3.63, 3.8) is 0 Å². The fourth-order valence-corrected chi connectivity index (χ4v) is 4.48. The molecule has 2 aromatic carbocycles. The molecule has 0 unspecified atom stereocenters. The van der Waals surface area contributed by atoms with Crippen molar-refractivity contribution in [3.05, 3.63) is 40.5 Å². The van der Waals surface area contributed by atoms with E-state index in [0.29, 0.717) is 27.7 Å². The molecule has 0 spiro atoms. The average molecular weight is 498 g/mol. The van der Waals surface area contributed by atoms with Gasteiger partial charge in [-0.3, -0.25) is 9.52 Å². The molecule has 1 aromatic heterocycles. The first-order valence-electron chi connectivity index (χ1n) is 8.91. The van der Waals surface area contributed by atoms with Gasteiger partial charge in [-0.1, -0.05) is 21.1 Å². The largest absolute Gasteiger partial charge is 0.494 e. The van der Waals surface area contributed by atoms with Crippen LogP contribution in [0.3, 0.4) is 0 Å². The molecule has 11 heteroatoms. The predicted octanol–water partition coefficient (Wildman–Crippen LogP) is 3.22. The van der Waals surface area contributed by atoms with E-state index in [0.717, 1.165) is 0 Å². The number of nitrogens with zero attached hydrogens (tertiary/aromatic N) is 1. The molecule has 0 radical (unpaired) electrons. The van der Waals surface area contributed by atoms with Crippen LogP contribution in [0.2, 0.25) is 0 Å². The molecule has 1 heterocycles. The molecular formula is C19H20BrN3O6S. The topological polar surface area (TPSA) is 120 Å². The van der Waals surface area contributed by atoms with Gasteiger partial charge in [0, 0.05) is 22.5 Å². The van der Waals surface area contributed by atoms with Crippen LogP contribution in [0.25, 0.3) is 11.0 Å². The van der Waals surface area contributed by atoms with Gasteiger partial charge in [-0.05, 0) is 38.1 Å². The molecule has 0 aliphatic heterocycles. The van der Waals surface area contributed by atoms with E-state index in [2.05, 4.69) is 31.1 Å². The van der Waals surface area contributed by atoms with Crippen molar-refractivity contribution in [2.75, 3.05) is 25.0 Å². The highest BCUT2D eigenvalue weighted by Crippen LogP contribution is 2.35. The normalized spacial score (nSPS) is 11.3. The molecule has 0 fully saturated rings. The standard InChI is InChI=1S/C19H20BrN3O6S/c1-4-21-19(24)10-28-15-6-5-12(20)7-18(15)30(25,26)23-14-8-13-11(2)22-29-16(13)9-17(14)27-3/h5-9,23H,4,10H2,1-3H3,(H,21,24). The molecule has 2 N–H and O–H groups in total. The zero-order chi connectivity index (χ0) is 21.9. The Morgan fingerprint density at radius 2 is 2.00 bits per heavy atom. The van der Waals surface area contributed by atoms with E-state index in [1.807, 2.05) is 0 Å². The van der Waals surface area contributed by atoms with Crippen LogP contribution in [-0.2, 0) is 14.8 Å². The molecule has 9 nitrogen and oxygen atoms in total. The summed E-state index contributed by atoms with van der Waals surface area (Å²) in [5.74, 6) is -0.0491. The van der Waals surface area contributed by atoms with Crippen LogP contribution in [0.5, 0.6) is 11.5 Å². The van der Waals surface area contributed by atoms with Gasteiger partial charge in [-0.25, -0.2) is 8.42 Å². The summed E-state index contributed by atoms with van der Waals surface area (Å²) in [5, 5.41) is 7.12. The lowest BCUT2D eigenvalue weighted by Gasteiger charge is -2.15. The number of nitrogens with one attached hydrogen (secondary N) is 2. The van der Waals surface area contributed by atoms with E-state index in [4.69, 9.17) is 14.0 Å². The molecule has 0 saturated carbocycles. The van der Waals surface area contributed by atoms with Gasteiger partial charge >= 0.3 is 0 Å². The minimum Gasteiger partial charge on any atom is -0.494 e. The fraction of sp³-hybridized carbons (Fsp3) is 0.263. The summed E-state index contributed by atoms with van der Waals surface area (Å²) in [6, 6.07) is 7.64. The average Bonchev–Trinajstić information content (AvgIpc) is 3.06. The van der Waals surface area contributed by atoms with Crippen LogP contribution in [0, 0.1) is 6.92 Å². The van der Waals surface area contributed by atoms with Gasteiger partial charge in [0.1, 0.15) is 16.4 Å². The van der Waals surface area contributed by atoms with E-state index >= 15 is 0 Å². The Bertz CT molecular complexity index is 1190. The number of carbonyl (C=O) groups excluding carboxylic acids is 1. The summed E-state index contributed by atoms with van der Waals surface area (Å²) in [5.41, 5.74) is 1.30. The minimum atomic E-state index is -4.09. The molecule has 0 atom stereocenters. The monoisotopic (exact) mass is 497 g/mol. The fourth-order valence-electron chi connectivity index (χ4n) is 2.74. The molecule has 0 aliphatic rings. The van der Waals surface area contributed by atoms with Crippen molar-refractivity contribution in [1.82, 2.24) is 10.5 Å². The maximum atomic E-state index is 13.2. The number of anilines is 1. The SMILES string of the molecule is CCNC(=O)COc1ccc(Br)cc1S(=O)(=O)Nc1cc2c(C)noc2cc1OC. The Hall–Kier alpha value is -2.79. The van der Waals surface area contributed by atoms with Crippen LogP contribution in [-0.4, -0.2) is 39.7 Å². The molecule has 30 heavy (non-hydrogen) atoms. The van der Waals surface area contributed by atoms with Crippen LogP contribution < -0.4 is 19.5 Å². The second-order valence-electron chi connectivity index (χ2n) is 6.26. The van der Waals surface area contributed by atoms with Gasteiger partial charge < -0.3 is 19.3 Å². The maximum absolute atomic E-state index is 13.2. The number of aromatic nitrogens is 1. The van der Waals surface area contributed by atoms with Crippen LogP contribution >= 0.6 is 15.9 Å². The third kappa shape index (κ3) is 4.68. The van der Waals surface area contributed by atoms with Crippen molar-refractivity contribution in [3.8, 4) is 11.5 Å². The van der Waals surface area contributed by atoms with E-state index in [9.17, 15) is 13.2 Å². The van der Waals surface area contributed by atoms with Gasteiger partial charge in [0.25, 0.3) is 15.9 Å². The van der Waals surface area contributed by atoms with Crippen molar-refractivity contribution >= 4 is 48.5 Å². The lowest BCUT2D eigenvalue weighted by molar-refractivity contribution is -0.123. The number of halogens is 1. The number of sulfonamides is 1. The van der Waals surface area contributed by atoms with E-state index in [1.165, 1.54) is 19.2 Å². The summed E-state index contributed by atoms with van der Waals surface area (Å²) in [7, 11) is -2.67. The van der Waals surface area contributed by atoms with Gasteiger partial charge in [-0.15, -0.1) is 0 Å². The summed E-state index contributed by atoms with van der Waals surface area (Å²) >= 11 is 3.27. The number of methoxy groups -OCH3 is 1. The van der Waals surface area contributed by atoms with Crippen molar-refractivity contribution in [2.45, 2.75) is 18.7 Å². The van der Waals surface area contributed by atoms with Crippen molar-refractivity contribution in [1.29, 1.82) is 0 Å². The number of aryl methyl sites for hydroxylation is 1. The highest BCUT2D eigenvalue weighted by atomic mass is 79.9. The van der Waals surface area contributed by atoms with Crippen LogP contribution in [0.4, 0.5) is 5.69 Å². The van der Waals surface area contributed by atoms with E-state index < -0.39 is 10.0 Å². The Balaban J connectivity index is 1.97. The summed E-state index contributed by atoms with van der Waals surface area (Å²) in [6.07, 6.45) is 0. The summed E-state index contributed by atoms with van der Waals surface area (Å²) in [6.45, 7) is 3.66. The maximum Gasteiger partial charge on any atom is 0.265 e. The molecule has 160 valence electrons. The lowest BCUT2D eigenvalue weighted by atomic mass is 10.2. The highest BCUT2D eigenvalue weighted by Gasteiger charge is 2.23. The first-order chi connectivity index (χ1) is 14.2. The van der Waals surface area contributed by atoms with E-state index in [1.54, 1.807) is 32.0 Å². The Morgan fingerprint density at radius 1 is 1.23 bits per heavy atom. The molecule has 1 amide bonds. The molecule has 3 aromatic rings. The van der Waals surface area contributed by atoms with Crippen LogP contribution in [0.1, 0.15) is 12.6 Å². The number of amides is 1. The second kappa shape index (κ2) is 8.92. The Labute approximate surface area is 181 Å². The number of ether oxygens (including phenoxy) is 2. The molecule has 3 rings (SSSR count). The number of fused-ring (bicyclic) bond motifs is 1. The molecule has 0 bridgehead atoms. The zero-order valence-electron chi connectivity index (χ0n) is 16.5. The van der Waals surface area contributed by atoms with Crippen molar-refractivity contribution < 1.29 is 27.2 Å². The lowest BCUT2D eigenvalue weighted by Crippen LogP contribution is -2.28. The third-order valence-electron chi connectivity index (χ3n) is 4.14. The zero-order valence-corrected chi connectivity index (χ0v) is 18.9. The first-order valence-corrected chi connectivity index (χ1v) is 11.2. The number of rotatable bonds is 8. The van der Waals surface area contributed by atoms with Crippen LogP contribution in [0.15, 0.2) is 44.2 Å². The number of benzene rings is 2. The van der Waals surface area contributed by atoms with Gasteiger partial charge in [0.05, 0.1) is 18.5 Å². The number of hydrogen-bond acceptors (Lipinski definition) is 7. The minimum absolute atomic E-state index is 0.0400. The highest BCUT2D eigenvalue weighted by molar-refractivity contribution is 9.10. The van der Waals surface area contributed by atoms with Crippen molar-refractivity contribution in [2.24, 2.45) is 0 Å². The number of carbonyl (C=O) groups is 1. The smallest absolute Gasteiger partial charge is 0.265 e. The summed E-state index contributed by atoms with van der Waals surface area (Å²) < 4.78 is 45.3. The quantitative estimate of drug-likeness (QED) is 0.490. The third-order valence-corrected chi connectivity index (χ3v) is 6.02. The summed E-state index contributed by atoms with van der Waals surface area (Å²) in [4.78, 5) is 11.6. The van der Waals surface area contributed by atoms with Gasteiger partial charge in [-0.2, -0.15) is 0 Å². The predicted molar refractivity (Wildman–Crippen MR) is 114 cm³/mol. The first kappa shape index (κ1) is 21.9. The van der Waals surface area contributed by atoms with Gasteiger partial charge in [0.15, 0.2) is 12.2 Å². The number of likely N-dealkylation sites (N-methyl/N-ethyl adjacent to an activating group) is 1. The molecular weight excluding hydrogens is 478 g/mol. The van der Waals surface area contributed by atoms with E-state index in [-0.39, 0.29) is 34.6 Å². The van der Waals surface area contributed by atoms with Gasteiger partial charge in [0.2, 0.25) is 0 Å². The Morgan fingerprint density at radius 3 is 2.70 bits per heavy atom. The molecule has 0 saturated heterocycles. The number of hydrogen-bond donors (Lipinski definition) is 2.